The van der Waals surface area contributed by atoms with Crippen molar-refractivity contribution in [2.24, 2.45) is 5.41 Å². The minimum Gasteiger partial charge on any atom is -0.294 e. The molecular formula is C12H18O. The lowest BCUT2D eigenvalue weighted by Gasteiger charge is -2.32. The smallest absolute Gasteiger partial charge is 0.168 e. The van der Waals surface area contributed by atoms with Gasteiger partial charge in [0.15, 0.2) is 5.78 Å². The van der Waals surface area contributed by atoms with Crippen LogP contribution in [0.3, 0.4) is 0 Å². The Morgan fingerprint density at radius 3 is 1.77 bits per heavy atom. The number of hydrogen-bond acceptors (Lipinski definition) is 1. The Morgan fingerprint density at radius 1 is 0.846 bits per heavy atom. The van der Waals surface area contributed by atoms with E-state index in [9.17, 15) is 4.79 Å². The first-order valence-electron chi connectivity index (χ1n) is 4.70. The Kier molecular flexibility index (Phi) is 2.23. The molecule has 0 saturated carbocycles. The van der Waals surface area contributed by atoms with E-state index < -0.39 is 0 Å². The highest BCUT2D eigenvalue weighted by Crippen LogP contribution is 2.39. The SMILES string of the molecule is CC1=C(C)C(C)=C(C)C(C)(C)C1=O. The molecule has 0 atom stereocenters. The van der Waals surface area contributed by atoms with E-state index in [4.69, 9.17) is 0 Å². The van der Waals surface area contributed by atoms with Crippen molar-refractivity contribution in [3.05, 3.63) is 22.3 Å². The van der Waals surface area contributed by atoms with Crippen molar-refractivity contribution in [3.8, 4) is 0 Å². The van der Waals surface area contributed by atoms with Gasteiger partial charge in [0.1, 0.15) is 0 Å². The van der Waals surface area contributed by atoms with Gasteiger partial charge in [-0.05, 0) is 58.3 Å². The molecule has 1 aliphatic carbocycles. The van der Waals surface area contributed by atoms with E-state index in [0.717, 1.165) is 11.1 Å². The molecule has 0 aliphatic heterocycles. The zero-order valence-corrected chi connectivity index (χ0v) is 9.41. The fraction of sp³-hybridized carbons (Fsp3) is 0.583. The molecule has 72 valence electrons. The van der Waals surface area contributed by atoms with Crippen molar-refractivity contribution in [1.82, 2.24) is 0 Å². The summed E-state index contributed by atoms with van der Waals surface area (Å²) < 4.78 is 0. The summed E-state index contributed by atoms with van der Waals surface area (Å²) in [5.74, 6) is 0.271. The third kappa shape index (κ3) is 1.27. The van der Waals surface area contributed by atoms with Crippen LogP contribution in [0.2, 0.25) is 0 Å². The molecule has 13 heavy (non-hydrogen) atoms. The van der Waals surface area contributed by atoms with Crippen molar-refractivity contribution < 1.29 is 4.79 Å². The summed E-state index contributed by atoms with van der Waals surface area (Å²) in [5.41, 5.74) is 4.27. The van der Waals surface area contributed by atoms with Gasteiger partial charge in [0, 0.05) is 5.41 Å². The van der Waals surface area contributed by atoms with E-state index in [1.165, 1.54) is 11.1 Å². The number of rotatable bonds is 0. The molecule has 0 saturated heterocycles. The lowest BCUT2D eigenvalue weighted by atomic mass is 9.70. The van der Waals surface area contributed by atoms with Crippen LogP contribution in [-0.2, 0) is 4.79 Å². The van der Waals surface area contributed by atoms with Crippen LogP contribution in [-0.4, -0.2) is 5.78 Å². The third-order valence-corrected chi connectivity index (χ3v) is 3.53. The zero-order chi connectivity index (χ0) is 10.4. The number of allylic oxidation sites excluding steroid dienone is 4. The molecule has 1 rings (SSSR count). The second-order valence-corrected chi connectivity index (χ2v) is 4.45. The zero-order valence-electron chi connectivity index (χ0n) is 9.41. The Hall–Kier alpha value is -0.850. The van der Waals surface area contributed by atoms with E-state index in [1.807, 2.05) is 27.7 Å². The van der Waals surface area contributed by atoms with Crippen LogP contribution < -0.4 is 0 Å². The Balaban J connectivity index is 3.41. The summed E-state index contributed by atoms with van der Waals surface area (Å²) in [6.45, 7) is 12.1. The minimum absolute atomic E-state index is 0.271. The van der Waals surface area contributed by atoms with Crippen LogP contribution in [0, 0.1) is 5.41 Å². The van der Waals surface area contributed by atoms with Crippen molar-refractivity contribution in [3.63, 3.8) is 0 Å². The minimum atomic E-state index is -0.298. The molecule has 0 heterocycles. The summed E-state index contributed by atoms with van der Waals surface area (Å²) >= 11 is 0. The molecule has 0 spiro atoms. The van der Waals surface area contributed by atoms with Crippen molar-refractivity contribution in [2.45, 2.75) is 41.5 Å². The number of Topliss-reactive ketones (excluding diaryl/α,β-unsaturated/α-hetero) is 1. The second kappa shape index (κ2) is 2.83. The van der Waals surface area contributed by atoms with Crippen LogP contribution in [0.25, 0.3) is 0 Å². The van der Waals surface area contributed by atoms with E-state index >= 15 is 0 Å². The Morgan fingerprint density at radius 2 is 1.31 bits per heavy atom. The number of carbonyl (C=O) groups excluding carboxylic acids is 1. The monoisotopic (exact) mass is 178 g/mol. The highest BCUT2D eigenvalue weighted by atomic mass is 16.1. The fourth-order valence-corrected chi connectivity index (χ4v) is 1.84. The van der Waals surface area contributed by atoms with Gasteiger partial charge in [0.2, 0.25) is 0 Å². The maximum absolute atomic E-state index is 11.9. The average Bonchev–Trinajstić information content (AvgIpc) is 2.09. The summed E-state index contributed by atoms with van der Waals surface area (Å²) in [4.78, 5) is 11.9. The maximum Gasteiger partial charge on any atom is 0.168 e. The van der Waals surface area contributed by atoms with E-state index in [0.29, 0.717) is 0 Å². The topological polar surface area (TPSA) is 17.1 Å². The van der Waals surface area contributed by atoms with Gasteiger partial charge in [-0.3, -0.25) is 4.79 Å². The van der Waals surface area contributed by atoms with Crippen LogP contribution in [0.1, 0.15) is 41.5 Å². The molecule has 0 fully saturated rings. The summed E-state index contributed by atoms with van der Waals surface area (Å²) in [5, 5.41) is 0. The first-order valence-corrected chi connectivity index (χ1v) is 4.70. The van der Waals surface area contributed by atoms with E-state index in [2.05, 4.69) is 13.8 Å². The quantitative estimate of drug-likeness (QED) is 0.556. The van der Waals surface area contributed by atoms with Crippen LogP contribution in [0.15, 0.2) is 22.3 Å². The third-order valence-electron chi connectivity index (χ3n) is 3.53. The molecular weight excluding hydrogens is 160 g/mol. The average molecular weight is 178 g/mol. The van der Waals surface area contributed by atoms with E-state index in [-0.39, 0.29) is 11.2 Å². The van der Waals surface area contributed by atoms with Gasteiger partial charge in [0.05, 0.1) is 0 Å². The van der Waals surface area contributed by atoms with Gasteiger partial charge in [-0.25, -0.2) is 0 Å². The van der Waals surface area contributed by atoms with Crippen molar-refractivity contribution in [1.29, 1.82) is 0 Å². The lowest BCUT2D eigenvalue weighted by molar-refractivity contribution is -0.121. The van der Waals surface area contributed by atoms with Crippen LogP contribution in [0.5, 0.6) is 0 Å². The number of hydrogen-bond donors (Lipinski definition) is 0. The standard InChI is InChI=1S/C12H18O/c1-7-8(2)10(4)12(5,6)11(13)9(7)3/h1-6H3. The first kappa shape index (κ1) is 10.2. The second-order valence-electron chi connectivity index (χ2n) is 4.45. The predicted molar refractivity (Wildman–Crippen MR) is 55.5 cm³/mol. The number of ketones is 1. The van der Waals surface area contributed by atoms with Gasteiger partial charge in [-0.15, -0.1) is 0 Å². The van der Waals surface area contributed by atoms with Gasteiger partial charge < -0.3 is 0 Å². The Bertz CT molecular complexity index is 327. The normalized spacial score (nSPS) is 22.8. The molecule has 0 radical (unpaired) electrons. The molecule has 0 aromatic carbocycles. The Labute approximate surface area is 80.5 Å². The molecule has 0 amide bonds. The molecule has 1 nitrogen and oxygen atoms in total. The molecule has 0 N–H and O–H groups in total. The van der Waals surface area contributed by atoms with Crippen molar-refractivity contribution >= 4 is 5.78 Å². The summed E-state index contributed by atoms with van der Waals surface area (Å²) in [6.07, 6.45) is 0. The van der Waals surface area contributed by atoms with Crippen molar-refractivity contribution in [2.75, 3.05) is 0 Å². The highest BCUT2D eigenvalue weighted by molar-refractivity contribution is 6.03. The lowest BCUT2D eigenvalue weighted by Crippen LogP contribution is -2.31. The van der Waals surface area contributed by atoms with Gasteiger partial charge in [-0.1, -0.05) is 5.57 Å². The number of carbonyl (C=O) groups is 1. The molecule has 1 heteroatoms. The summed E-state index contributed by atoms with van der Waals surface area (Å²) in [7, 11) is 0. The largest absolute Gasteiger partial charge is 0.294 e. The molecule has 0 bridgehead atoms. The highest BCUT2D eigenvalue weighted by Gasteiger charge is 2.35. The van der Waals surface area contributed by atoms with E-state index in [1.54, 1.807) is 0 Å². The van der Waals surface area contributed by atoms with Crippen LogP contribution in [0.4, 0.5) is 0 Å². The molecule has 1 aliphatic rings. The van der Waals surface area contributed by atoms with Crippen LogP contribution >= 0.6 is 0 Å². The fourth-order valence-electron chi connectivity index (χ4n) is 1.84. The summed E-state index contributed by atoms with van der Waals surface area (Å²) in [6, 6.07) is 0. The molecule has 0 aromatic rings. The maximum atomic E-state index is 11.9. The van der Waals surface area contributed by atoms with Gasteiger partial charge in [0.25, 0.3) is 0 Å². The molecule has 0 aromatic heterocycles. The predicted octanol–water partition coefficient (Wildman–Crippen LogP) is 3.27. The van der Waals surface area contributed by atoms with Gasteiger partial charge >= 0.3 is 0 Å². The molecule has 0 unspecified atom stereocenters. The van der Waals surface area contributed by atoms with Gasteiger partial charge in [-0.2, -0.15) is 0 Å². The first-order chi connectivity index (χ1) is 5.80.